The van der Waals surface area contributed by atoms with Gasteiger partial charge >= 0.3 is 0 Å². The molecule has 4 heteroatoms. The fourth-order valence-corrected chi connectivity index (χ4v) is 4.43. The van der Waals surface area contributed by atoms with Crippen molar-refractivity contribution in [3.63, 3.8) is 0 Å². The molecule has 0 amide bonds. The first-order valence-corrected chi connectivity index (χ1v) is 9.94. The molecule has 3 rings (SSSR count). The maximum absolute atomic E-state index is 9.64. The highest BCUT2D eigenvalue weighted by Gasteiger charge is 2.20. The largest absolute Gasteiger partial charge is 0.383 e. The number of anilines is 1. The molecular formula is C20H25N3S. The van der Waals surface area contributed by atoms with E-state index in [1.165, 1.54) is 50.5 Å². The first kappa shape index (κ1) is 17.0. The van der Waals surface area contributed by atoms with Gasteiger partial charge in [0, 0.05) is 16.1 Å². The third kappa shape index (κ3) is 3.79. The molecule has 0 bridgehead atoms. The summed E-state index contributed by atoms with van der Waals surface area (Å²) in [5.74, 6) is 0.395. The van der Waals surface area contributed by atoms with Crippen molar-refractivity contribution in [2.45, 2.75) is 64.2 Å². The number of aromatic nitrogens is 1. The number of hydrogen-bond donors (Lipinski definition) is 1. The van der Waals surface area contributed by atoms with Gasteiger partial charge in [-0.15, -0.1) is 11.3 Å². The topological polar surface area (TPSA) is 62.7 Å². The normalized spacial score (nSPS) is 16.5. The minimum atomic E-state index is 0.395. The van der Waals surface area contributed by atoms with E-state index >= 15 is 0 Å². The van der Waals surface area contributed by atoms with Crippen LogP contribution < -0.4 is 5.73 Å². The molecule has 2 aromatic rings. The summed E-state index contributed by atoms with van der Waals surface area (Å²) in [5, 5.41) is 11.7. The lowest BCUT2D eigenvalue weighted by Crippen LogP contribution is -2.08. The zero-order valence-electron chi connectivity index (χ0n) is 14.2. The van der Waals surface area contributed by atoms with E-state index in [1.807, 2.05) is 6.07 Å². The van der Waals surface area contributed by atoms with Gasteiger partial charge in [-0.3, -0.25) is 0 Å². The minimum Gasteiger partial charge on any atom is -0.383 e. The molecule has 0 atom stereocenters. The Bertz CT molecular complexity index is 713. The third-order valence-corrected chi connectivity index (χ3v) is 5.77. The Morgan fingerprint density at radius 3 is 2.29 bits per heavy atom. The van der Waals surface area contributed by atoms with Crippen molar-refractivity contribution < 1.29 is 0 Å². The lowest BCUT2D eigenvalue weighted by Gasteiger charge is -2.17. The highest BCUT2D eigenvalue weighted by Crippen LogP contribution is 2.36. The Labute approximate surface area is 148 Å². The van der Waals surface area contributed by atoms with Crippen molar-refractivity contribution in [3.05, 3.63) is 34.3 Å². The molecule has 24 heavy (non-hydrogen) atoms. The number of nitrogens with two attached hydrogens (primary N) is 1. The quantitative estimate of drug-likeness (QED) is 0.748. The van der Waals surface area contributed by atoms with Gasteiger partial charge in [0.1, 0.15) is 17.5 Å². The fourth-order valence-electron chi connectivity index (χ4n) is 3.63. The van der Waals surface area contributed by atoms with Crippen LogP contribution in [0.4, 0.5) is 5.82 Å². The molecular weight excluding hydrogens is 314 g/mol. The fraction of sp³-hybridized carbons (Fsp3) is 0.500. The average Bonchev–Trinajstić information content (AvgIpc) is 3.09. The Hall–Kier alpha value is -1.86. The van der Waals surface area contributed by atoms with Gasteiger partial charge < -0.3 is 5.73 Å². The van der Waals surface area contributed by atoms with Gasteiger partial charge in [-0.25, -0.2) is 4.98 Å². The van der Waals surface area contributed by atoms with Crippen LogP contribution in [0.5, 0.6) is 0 Å². The van der Waals surface area contributed by atoms with Crippen LogP contribution in [-0.2, 0) is 12.8 Å². The molecule has 1 aliphatic rings. The molecule has 126 valence electrons. The van der Waals surface area contributed by atoms with Crippen molar-refractivity contribution >= 4 is 17.2 Å². The van der Waals surface area contributed by atoms with Crippen molar-refractivity contribution in [2.24, 2.45) is 0 Å². The minimum absolute atomic E-state index is 0.395. The molecule has 0 saturated heterocycles. The van der Waals surface area contributed by atoms with Crippen LogP contribution in [0.1, 0.15) is 68.2 Å². The average molecular weight is 340 g/mol. The molecule has 0 radical (unpaired) electrons. The van der Waals surface area contributed by atoms with E-state index in [2.05, 4.69) is 22.5 Å². The lowest BCUT2D eigenvalue weighted by atomic mass is 9.92. The van der Waals surface area contributed by atoms with Gasteiger partial charge in [-0.05, 0) is 42.7 Å². The predicted molar refractivity (Wildman–Crippen MR) is 101 cm³/mol. The second kappa shape index (κ2) is 8.30. The van der Waals surface area contributed by atoms with Gasteiger partial charge in [0.15, 0.2) is 0 Å². The van der Waals surface area contributed by atoms with Gasteiger partial charge in [0.2, 0.25) is 0 Å². The summed E-state index contributed by atoms with van der Waals surface area (Å²) in [6.07, 6.45) is 12.2. The highest BCUT2D eigenvalue weighted by molar-refractivity contribution is 7.13. The predicted octanol–water partition coefficient (Wildman–Crippen LogP) is 5.48. The summed E-state index contributed by atoms with van der Waals surface area (Å²) in [6, 6.07) is 6.44. The zero-order valence-corrected chi connectivity index (χ0v) is 15.0. The molecule has 0 spiro atoms. The number of nitriles is 1. The molecule has 1 aliphatic carbocycles. The maximum Gasteiger partial charge on any atom is 0.142 e. The Morgan fingerprint density at radius 1 is 1.00 bits per heavy atom. The van der Waals surface area contributed by atoms with E-state index in [4.69, 9.17) is 5.73 Å². The number of nitrogens with zero attached hydrogens (tertiary/aromatic N) is 2. The van der Waals surface area contributed by atoms with E-state index in [-0.39, 0.29) is 0 Å². The second-order valence-corrected chi connectivity index (χ2v) is 7.54. The molecule has 2 heterocycles. The second-order valence-electron chi connectivity index (χ2n) is 6.59. The highest BCUT2D eigenvalue weighted by atomic mass is 32.1. The molecule has 0 unspecified atom stereocenters. The van der Waals surface area contributed by atoms with E-state index < -0.39 is 0 Å². The van der Waals surface area contributed by atoms with Crippen LogP contribution in [0.15, 0.2) is 17.5 Å². The molecule has 0 aliphatic heterocycles. The third-order valence-electron chi connectivity index (χ3n) is 4.88. The monoisotopic (exact) mass is 339 g/mol. The van der Waals surface area contributed by atoms with Gasteiger partial charge in [0.05, 0.1) is 0 Å². The Kier molecular flexibility index (Phi) is 5.87. The molecule has 3 nitrogen and oxygen atoms in total. The van der Waals surface area contributed by atoms with E-state index in [0.717, 1.165) is 35.4 Å². The molecule has 0 saturated carbocycles. The summed E-state index contributed by atoms with van der Waals surface area (Å²) >= 11 is 1.68. The van der Waals surface area contributed by atoms with E-state index in [9.17, 15) is 5.26 Å². The molecule has 2 N–H and O–H groups in total. The van der Waals surface area contributed by atoms with Crippen LogP contribution >= 0.6 is 11.3 Å². The van der Waals surface area contributed by atoms with Gasteiger partial charge in [0.25, 0.3) is 0 Å². The number of thiophene rings is 1. The van der Waals surface area contributed by atoms with Crippen LogP contribution in [0, 0.1) is 11.3 Å². The number of aryl methyl sites for hydroxylation is 1. The summed E-state index contributed by atoms with van der Waals surface area (Å²) < 4.78 is 0. The van der Waals surface area contributed by atoms with Gasteiger partial charge in [-0.2, -0.15) is 5.26 Å². The van der Waals surface area contributed by atoms with Gasteiger partial charge in [-0.1, -0.05) is 44.6 Å². The first-order chi connectivity index (χ1) is 11.8. The van der Waals surface area contributed by atoms with Crippen LogP contribution in [0.25, 0.3) is 10.4 Å². The number of pyridine rings is 1. The Balaban J connectivity index is 2.07. The zero-order chi connectivity index (χ0) is 16.8. The van der Waals surface area contributed by atoms with Crippen molar-refractivity contribution in [2.75, 3.05) is 5.73 Å². The molecule has 2 aromatic heterocycles. The SMILES string of the molecule is N#Cc1c(N)nc2c(c1-c1cccs1)CCCCCCCCCC2. The van der Waals surface area contributed by atoms with Crippen molar-refractivity contribution in [1.29, 1.82) is 5.26 Å². The Morgan fingerprint density at radius 2 is 1.67 bits per heavy atom. The van der Waals surface area contributed by atoms with Crippen molar-refractivity contribution in [3.8, 4) is 16.5 Å². The summed E-state index contributed by atoms with van der Waals surface area (Å²) in [7, 11) is 0. The van der Waals surface area contributed by atoms with Crippen molar-refractivity contribution in [1.82, 2.24) is 4.98 Å². The number of rotatable bonds is 1. The standard InChI is InChI=1S/C20H25N3S/c21-14-16-19(18-12-9-13-24-18)15-10-7-5-3-1-2-4-6-8-11-17(15)23-20(16)22/h9,12-13H,1-8,10-11H2,(H2,22,23). The smallest absolute Gasteiger partial charge is 0.142 e. The summed E-state index contributed by atoms with van der Waals surface area (Å²) in [5.41, 5.74) is 10.1. The maximum atomic E-state index is 9.64. The number of fused-ring (bicyclic) bond motifs is 1. The summed E-state index contributed by atoms with van der Waals surface area (Å²) in [6.45, 7) is 0. The van der Waals surface area contributed by atoms with Crippen LogP contribution in [-0.4, -0.2) is 4.98 Å². The van der Waals surface area contributed by atoms with Crippen LogP contribution in [0.3, 0.4) is 0 Å². The van der Waals surface area contributed by atoms with E-state index in [0.29, 0.717) is 11.4 Å². The number of nitrogen functional groups attached to an aromatic ring is 1. The van der Waals surface area contributed by atoms with E-state index in [1.54, 1.807) is 11.3 Å². The first-order valence-electron chi connectivity index (χ1n) is 9.06. The van der Waals surface area contributed by atoms with Crippen LogP contribution in [0.2, 0.25) is 0 Å². The number of hydrogen-bond acceptors (Lipinski definition) is 4. The molecule has 0 fully saturated rings. The summed E-state index contributed by atoms with van der Waals surface area (Å²) in [4.78, 5) is 5.79. The lowest BCUT2D eigenvalue weighted by molar-refractivity contribution is 0.557. The molecule has 0 aromatic carbocycles.